The van der Waals surface area contributed by atoms with E-state index in [-0.39, 0.29) is 5.91 Å². The van der Waals surface area contributed by atoms with Gasteiger partial charge in [0.1, 0.15) is 17.0 Å². The number of nitrogens with zero attached hydrogens (tertiary/aromatic N) is 2. The number of rotatable bonds is 7. The Balaban J connectivity index is 1.86. The standard InChI is InChI=1S/C19H20N4OS/c1-3-10-20-15(24)9-11-21-18-17-16(14-7-5-4-6-8-14)13(2)25-19(17)23-12-22-18/h3-8,12H,1,9-11H2,2H3,(H,20,24)(H,21,22,23). The van der Waals surface area contributed by atoms with Crippen LogP contribution in [-0.2, 0) is 4.79 Å². The number of fused-ring (bicyclic) bond motifs is 1. The maximum Gasteiger partial charge on any atom is 0.222 e. The predicted octanol–water partition coefficient (Wildman–Crippen LogP) is 3.77. The highest BCUT2D eigenvalue weighted by molar-refractivity contribution is 7.19. The Kier molecular flexibility index (Phi) is 5.40. The number of carbonyl (C=O) groups excluding carboxylic acids is 1. The Labute approximate surface area is 150 Å². The third-order valence-electron chi connectivity index (χ3n) is 3.81. The molecule has 0 saturated heterocycles. The number of benzene rings is 1. The summed E-state index contributed by atoms with van der Waals surface area (Å²) in [6, 6.07) is 10.2. The van der Waals surface area contributed by atoms with Crippen molar-refractivity contribution in [3.63, 3.8) is 0 Å². The molecule has 0 saturated carbocycles. The summed E-state index contributed by atoms with van der Waals surface area (Å²) in [5, 5.41) is 7.07. The summed E-state index contributed by atoms with van der Waals surface area (Å²) in [6.45, 7) is 6.68. The number of aromatic nitrogens is 2. The minimum absolute atomic E-state index is 0.0116. The SMILES string of the molecule is C=CCNC(=O)CCNc1ncnc2sc(C)c(-c3ccccc3)c12. The van der Waals surface area contributed by atoms with Crippen molar-refractivity contribution in [3.05, 3.63) is 54.2 Å². The average Bonchev–Trinajstić information content (AvgIpc) is 2.97. The second-order valence-corrected chi connectivity index (χ2v) is 6.77. The molecule has 1 aromatic carbocycles. The molecule has 0 radical (unpaired) electrons. The third-order valence-corrected chi connectivity index (χ3v) is 4.83. The Hall–Kier alpha value is -2.73. The van der Waals surface area contributed by atoms with E-state index in [1.54, 1.807) is 23.7 Å². The minimum atomic E-state index is -0.0116. The zero-order valence-electron chi connectivity index (χ0n) is 14.1. The van der Waals surface area contributed by atoms with Gasteiger partial charge in [0.15, 0.2) is 0 Å². The van der Waals surface area contributed by atoms with Gasteiger partial charge in [0.25, 0.3) is 0 Å². The number of nitrogens with one attached hydrogen (secondary N) is 2. The van der Waals surface area contributed by atoms with Crippen LogP contribution in [0.4, 0.5) is 5.82 Å². The average molecular weight is 352 g/mol. The van der Waals surface area contributed by atoms with E-state index in [0.717, 1.165) is 27.2 Å². The lowest BCUT2D eigenvalue weighted by Gasteiger charge is -2.09. The van der Waals surface area contributed by atoms with E-state index in [4.69, 9.17) is 0 Å². The van der Waals surface area contributed by atoms with E-state index in [2.05, 4.69) is 46.2 Å². The van der Waals surface area contributed by atoms with Crippen molar-refractivity contribution in [3.8, 4) is 11.1 Å². The van der Waals surface area contributed by atoms with Gasteiger partial charge in [0.2, 0.25) is 5.91 Å². The molecule has 3 aromatic rings. The van der Waals surface area contributed by atoms with Crippen LogP contribution in [0.25, 0.3) is 21.3 Å². The molecule has 0 aliphatic heterocycles. The zero-order valence-corrected chi connectivity index (χ0v) is 14.9. The van der Waals surface area contributed by atoms with Crippen LogP contribution >= 0.6 is 11.3 Å². The maximum absolute atomic E-state index is 11.7. The van der Waals surface area contributed by atoms with Crippen molar-refractivity contribution in [2.45, 2.75) is 13.3 Å². The van der Waals surface area contributed by atoms with Gasteiger partial charge < -0.3 is 10.6 Å². The number of hydrogen-bond donors (Lipinski definition) is 2. The van der Waals surface area contributed by atoms with E-state index in [1.165, 1.54) is 4.88 Å². The molecule has 0 fully saturated rings. The van der Waals surface area contributed by atoms with Crippen molar-refractivity contribution in [2.24, 2.45) is 0 Å². The second kappa shape index (κ2) is 7.90. The van der Waals surface area contributed by atoms with Crippen LogP contribution in [0.1, 0.15) is 11.3 Å². The van der Waals surface area contributed by atoms with Gasteiger partial charge in [0.05, 0.1) is 5.39 Å². The molecular formula is C19H20N4OS. The zero-order chi connectivity index (χ0) is 17.6. The molecule has 6 heteroatoms. The van der Waals surface area contributed by atoms with Gasteiger partial charge in [-0.3, -0.25) is 4.79 Å². The number of aryl methyl sites for hydroxylation is 1. The highest BCUT2D eigenvalue weighted by Gasteiger charge is 2.16. The first kappa shape index (κ1) is 17.1. The lowest BCUT2D eigenvalue weighted by Crippen LogP contribution is -2.25. The third kappa shape index (κ3) is 3.85. The molecule has 3 rings (SSSR count). The molecule has 0 unspecified atom stereocenters. The Bertz CT molecular complexity index is 889. The van der Waals surface area contributed by atoms with E-state index in [9.17, 15) is 4.79 Å². The van der Waals surface area contributed by atoms with Crippen LogP contribution in [0.5, 0.6) is 0 Å². The fraction of sp³-hybridized carbons (Fsp3) is 0.211. The molecule has 2 N–H and O–H groups in total. The molecular weight excluding hydrogens is 332 g/mol. The predicted molar refractivity (Wildman–Crippen MR) is 104 cm³/mol. The number of anilines is 1. The molecule has 0 bridgehead atoms. The summed E-state index contributed by atoms with van der Waals surface area (Å²) in [6.07, 6.45) is 3.61. The first-order chi connectivity index (χ1) is 12.2. The summed E-state index contributed by atoms with van der Waals surface area (Å²) < 4.78 is 0. The fourth-order valence-corrected chi connectivity index (χ4v) is 3.71. The topological polar surface area (TPSA) is 66.9 Å². The Morgan fingerprint density at radius 3 is 2.84 bits per heavy atom. The summed E-state index contributed by atoms with van der Waals surface area (Å²) in [5.41, 5.74) is 2.30. The van der Waals surface area contributed by atoms with Crippen molar-refractivity contribution in [2.75, 3.05) is 18.4 Å². The van der Waals surface area contributed by atoms with Crippen LogP contribution in [0.3, 0.4) is 0 Å². The van der Waals surface area contributed by atoms with Crippen LogP contribution in [0.2, 0.25) is 0 Å². The van der Waals surface area contributed by atoms with Crippen LogP contribution in [0.15, 0.2) is 49.3 Å². The lowest BCUT2D eigenvalue weighted by molar-refractivity contribution is -0.120. The molecule has 25 heavy (non-hydrogen) atoms. The number of thiophene rings is 1. The molecule has 0 atom stereocenters. The van der Waals surface area contributed by atoms with Gasteiger partial charge in [-0.1, -0.05) is 36.4 Å². The minimum Gasteiger partial charge on any atom is -0.369 e. The molecule has 0 aliphatic rings. The van der Waals surface area contributed by atoms with Crippen molar-refractivity contribution >= 4 is 33.3 Å². The molecule has 0 spiro atoms. The highest BCUT2D eigenvalue weighted by atomic mass is 32.1. The summed E-state index contributed by atoms with van der Waals surface area (Å²) in [4.78, 5) is 22.7. The van der Waals surface area contributed by atoms with Crippen LogP contribution < -0.4 is 10.6 Å². The Morgan fingerprint density at radius 2 is 2.08 bits per heavy atom. The molecule has 1 amide bonds. The lowest BCUT2D eigenvalue weighted by atomic mass is 10.0. The number of carbonyl (C=O) groups is 1. The highest BCUT2D eigenvalue weighted by Crippen LogP contribution is 2.40. The van der Waals surface area contributed by atoms with E-state index in [0.29, 0.717) is 19.5 Å². The summed E-state index contributed by atoms with van der Waals surface area (Å²) >= 11 is 1.66. The van der Waals surface area contributed by atoms with E-state index in [1.807, 2.05) is 18.2 Å². The van der Waals surface area contributed by atoms with Gasteiger partial charge in [-0.05, 0) is 12.5 Å². The fourth-order valence-electron chi connectivity index (χ4n) is 2.70. The molecule has 5 nitrogen and oxygen atoms in total. The maximum atomic E-state index is 11.7. The molecule has 0 aliphatic carbocycles. The second-order valence-electron chi connectivity index (χ2n) is 5.57. The Morgan fingerprint density at radius 1 is 1.28 bits per heavy atom. The van der Waals surface area contributed by atoms with E-state index >= 15 is 0 Å². The van der Waals surface area contributed by atoms with Crippen LogP contribution in [0, 0.1) is 6.92 Å². The molecule has 128 valence electrons. The largest absolute Gasteiger partial charge is 0.369 e. The smallest absolute Gasteiger partial charge is 0.222 e. The summed E-state index contributed by atoms with van der Waals surface area (Å²) in [7, 11) is 0. The number of hydrogen-bond acceptors (Lipinski definition) is 5. The monoisotopic (exact) mass is 352 g/mol. The van der Waals surface area contributed by atoms with E-state index < -0.39 is 0 Å². The normalized spacial score (nSPS) is 10.6. The first-order valence-electron chi connectivity index (χ1n) is 8.11. The summed E-state index contributed by atoms with van der Waals surface area (Å²) in [5.74, 6) is 0.757. The number of amides is 1. The van der Waals surface area contributed by atoms with Crippen molar-refractivity contribution in [1.82, 2.24) is 15.3 Å². The van der Waals surface area contributed by atoms with Gasteiger partial charge >= 0.3 is 0 Å². The first-order valence-corrected chi connectivity index (χ1v) is 8.93. The van der Waals surface area contributed by atoms with Gasteiger partial charge in [-0.15, -0.1) is 17.9 Å². The van der Waals surface area contributed by atoms with Gasteiger partial charge in [0, 0.05) is 30.0 Å². The van der Waals surface area contributed by atoms with Crippen molar-refractivity contribution < 1.29 is 4.79 Å². The van der Waals surface area contributed by atoms with Crippen molar-refractivity contribution in [1.29, 1.82) is 0 Å². The molecule has 2 heterocycles. The quantitative estimate of drug-likeness (QED) is 0.635. The molecule has 2 aromatic heterocycles. The van der Waals surface area contributed by atoms with Gasteiger partial charge in [-0.2, -0.15) is 0 Å². The van der Waals surface area contributed by atoms with Gasteiger partial charge in [-0.25, -0.2) is 9.97 Å². The van der Waals surface area contributed by atoms with Crippen LogP contribution in [-0.4, -0.2) is 29.0 Å².